The van der Waals surface area contributed by atoms with Crippen LogP contribution in [0.5, 0.6) is 0 Å². The molecule has 6 heteroatoms. The van der Waals surface area contributed by atoms with Crippen molar-refractivity contribution in [1.29, 1.82) is 0 Å². The van der Waals surface area contributed by atoms with E-state index in [9.17, 15) is 14.0 Å². The Kier molecular flexibility index (Phi) is 5.00. The Labute approximate surface area is 130 Å². The Hall–Kier alpha value is -2.11. The summed E-state index contributed by atoms with van der Waals surface area (Å²) >= 11 is 0. The minimum absolute atomic E-state index is 0.0152. The Morgan fingerprint density at radius 2 is 2.18 bits per heavy atom. The van der Waals surface area contributed by atoms with Crippen LogP contribution in [-0.4, -0.2) is 49.9 Å². The second kappa shape index (κ2) is 6.77. The highest BCUT2D eigenvalue weighted by Gasteiger charge is 2.33. The molecule has 0 spiro atoms. The average molecular weight is 307 g/mol. The molecule has 0 aliphatic carbocycles. The summed E-state index contributed by atoms with van der Waals surface area (Å²) in [6.07, 6.45) is 1.36. The van der Waals surface area contributed by atoms with Crippen molar-refractivity contribution in [3.05, 3.63) is 29.6 Å². The molecule has 2 rings (SSSR count). The van der Waals surface area contributed by atoms with E-state index >= 15 is 0 Å². The molecule has 1 fully saturated rings. The predicted octanol–water partition coefficient (Wildman–Crippen LogP) is 1.63. The molecule has 1 unspecified atom stereocenters. The fraction of sp³-hybridized carbons (Fsp3) is 0.500. The molecule has 120 valence electrons. The van der Waals surface area contributed by atoms with Crippen molar-refractivity contribution in [3.63, 3.8) is 0 Å². The molecule has 1 atom stereocenters. The summed E-state index contributed by atoms with van der Waals surface area (Å²) in [5.74, 6) is -1.14. The van der Waals surface area contributed by atoms with Gasteiger partial charge < -0.3 is 15.1 Å². The first kappa shape index (κ1) is 16.3. The van der Waals surface area contributed by atoms with Crippen molar-refractivity contribution in [3.8, 4) is 0 Å². The van der Waals surface area contributed by atoms with Gasteiger partial charge in [-0.05, 0) is 24.6 Å². The Morgan fingerprint density at radius 1 is 1.45 bits per heavy atom. The van der Waals surface area contributed by atoms with E-state index in [2.05, 4.69) is 5.32 Å². The van der Waals surface area contributed by atoms with Gasteiger partial charge in [-0.3, -0.25) is 9.59 Å². The van der Waals surface area contributed by atoms with Gasteiger partial charge in [-0.2, -0.15) is 0 Å². The van der Waals surface area contributed by atoms with Gasteiger partial charge >= 0.3 is 0 Å². The van der Waals surface area contributed by atoms with Gasteiger partial charge in [0.15, 0.2) is 0 Å². The van der Waals surface area contributed by atoms with E-state index in [1.165, 1.54) is 17.0 Å². The second-order valence-corrected chi connectivity index (χ2v) is 5.65. The van der Waals surface area contributed by atoms with Gasteiger partial charge in [-0.25, -0.2) is 4.39 Å². The molecular formula is C16H22FN3O2. The van der Waals surface area contributed by atoms with Gasteiger partial charge in [0.25, 0.3) is 5.91 Å². The van der Waals surface area contributed by atoms with Crippen LogP contribution >= 0.6 is 0 Å². The number of halogens is 1. The van der Waals surface area contributed by atoms with Crippen molar-refractivity contribution in [1.82, 2.24) is 10.2 Å². The van der Waals surface area contributed by atoms with Crippen molar-refractivity contribution in [2.75, 3.05) is 32.1 Å². The molecule has 1 heterocycles. The number of anilines is 1. The van der Waals surface area contributed by atoms with Gasteiger partial charge in [-0.1, -0.05) is 13.3 Å². The normalized spacial score (nSPS) is 18.1. The lowest BCUT2D eigenvalue weighted by Crippen LogP contribution is -2.57. The summed E-state index contributed by atoms with van der Waals surface area (Å²) in [4.78, 5) is 27.8. The van der Waals surface area contributed by atoms with Gasteiger partial charge in [-0.15, -0.1) is 0 Å². The van der Waals surface area contributed by atoms with E-state index in [1.54, 1.807) is 11.0 Å². The van der Waals surface area contributed by atoms with Crippen LogP contribution in [0, 0.1) is 5.82 Å². The Bertz CT molecular complexity index is 575. The maximum atomic E-state index is 14.3. The molecule has 0 radical (unpaired) electrons. The molecule has 0 bridgehead atoms. The SMILES string of the molecule is CCCC1C(=O)NCCN1C(=O)c1ccc(N(C)C)cc1F. The fourth-order valence-corrected chi connectivity index (χ4v) is 2.63. The highest BCUT2D eigenvalue weighted by Crippen LogP contribution is 2.21. The summed E-state index contributed by atoms with van der Waals surface area (Å²) in [6, 6.07) is 4.02. The van der Waals surface area contributed by atoms with E-state index in [-0.39, 0.29) is 11.5 Å². The number of nitrogens with one attached hydrogen (secondary N) is 1. The molecule has 0 aromatic heterocycles. The number of piperazine rings is 1. The average Bonchev–Trinajstić information content (AvgIpc) is 2.48. The van der Waals surface area contributed by atoms with Crippen molar-refractivity contribution in [2.45, 2.75) is 25.8 Å². The summed E-state index contributed by atoms with van der Waals surface area (Å²) < 4.78 is 14.3. The number of hydrogen-bond acceptors (Lipinski definition) is 3. The van der Waals surface area contributed by atoms with Gasteiger partial charge in [0.05, 0.1) is 5.56 Å². The number of hydrogen-bond donors (Lipinski definition) is 1. The molecule has 1 aromatic carbocycles. The minimum atomic E-state index is -0.558. The third-order valence-corrected chi connectivity index (χ3v) is 3.85. The highest BCUT2D eigenvalue weighted by molar-refractivity contribution is 5.98. The lowest BCUT2D eigenvalue weighted by molar-refractivity contribution is -0.128. The van der Waals surface area contributed by atoms with Crippen molar-refractivity contribution in [2.24, 2.45) is 0 Å². The zero-order valence-electron chi connectivity index (χ0n) is 13.2. The van der Waals surface area contributed by atoms with E-state index in [1.807, 2.05) is 21.0 Å². The molecule has 5 nitrogen and oxygen atoms in total. The van der Waals surface area contributed by atoms with E-state index in [4.69, 9.17) is 0 Å². The first-order chi connectivity index (χ1) is 10.5. The van der Waals surface area contributed by atoms with Gasteiger partial charge in [0.2, 0.25) is 5.91 Å². The monoisotopic (exact) mass is 307 g/mol. The van der Waals surface area contributed by atoms with Gasteiger partial charge in [0, 0.05) is 32.9 Å². The lowest BCUT2D eigenvalue weighted by atomic mass is 10.0. The zero-order chi connectivity index (χ0) is 16.3. The largest absolute Gasteiger partial charge is 0.378 e. The van der Waals surface area contributed by atoms with Crippen molar-refractivity contribution < 1.29 is 14.0 Å². The molecule has 1 N–H and O–H groups in total. The van der Waals surface area contributed by atoms with Crippen LogP contribution < -0.4 is 10.2 Å². The smallest absolute Gasteiger partial charge is 0.257 e. The molecule has 1 aromatic rings. The van der Waals surface area contributed by atoms with E-state index in [0.717, 1.165) is 6.42 Å². The molecular weight excluding hydrogens is 285 g/mol. The van der Waals surface area contributed by atoms with Crippen LogP contribution in [-0.2, 0) is 4.79 Å². The van der Waals surface area contributed by atoms with Gasteiger partial charge in [0.1, 0.15) is 11.9 Å². The number of amides is 2. The number of carbonyl (C=O) groups excluding carboxylic acids is 2. The maximum absolute atomic E-state index is 14.3. The highest BCUT2D eigenvalue weighted by atomic mass is 19.1. The standard InChI is InChI=1S/C16H22FN3O2/c1-4-5-14-15(21)18-8-9-20(14)16(22)12-7-6-11(19(2)3)10-13(12)17/h6-7,10,14H,4-5,8-9H2,1-3H3,(H,18,21). The fourth-order valence-electron chi connectivity index (χ4n) is 2.63. The molecule has 1 aliphatic rings. The summed E-state index contributed by atoms with van der Waals surface area (Å²) in [5, 5.41) is 2.76. The first-order valence-electron chi connectivity index (χ1n) is 7.51. The Morgan fingerprint density at radius 3 is 2.77 bits per heavy atom. The minimum Gasteiger partial charge on any atom is -0.378 e. The molecule has 1 saturated heterocycles. The number of benzene rings is 1. The third kappa shape index (κ3) is 3.21. The topological polar surface area (TPSA) is 52.7 Å². The Balaban J connectivity index is 2.27. The third-order valence-electron chi connectivity index (χ3n) is 3.85. The number of nitrogens with zero attached hydrogens (tertiary/aromatic N) is 2. The van der Waals surface area contributed by atoms with E-state index in [0.29, 0.717) is 25.2 Å². The quantitative estimate of drug-likeness (QED) is 0.920. The van der Waals surface area contributed by atoms with E-state index < -0.39 is 17.8 Å². The van der Waals surface area contributed by atoms with Crippen LogP contribution in [0.1, 0.15) is 30.1 Å². The second-order valence-electron chi connectivity index (χ2n) is 5.65. The number of rotatable bonds is 4. The summed E-state index contributed by atoms with van der Waals surface area (Å²) in [5.41, 5.74) is 0.706. The maximum Gasteiger partial charge on any atom is 0.257 e. The van der Waals surface area contributed by atoms with Crippen LogP contribution in [0.2, 0.25) is 0 Å². The van der Waals surface area contributed by atoms with Crippen LogP contribution in [0.15, 0.2) is 18.2 Å². The number of carbonyl (C=O) groups is 2. The van der Waals surface area contributed by atoms with Crippen LogP contribution in [0.3, 0.4) is 0 Å². The molecule has 1 aliphatic heterocycles. The summed E-state index contributed by atoms with van der Waals surface area (Å²) in [7, 11) is 3.62. The first-order valence-corrected chi connectivity index (χ1v) is 7.51. The lowest BCUT2D eigenvalue weighted by Gasteiger charge is -2.35. The molecule has 2 amide bonds. The molecule has 0 saturated carbocycles. The predicted molar refractivity (Wildman–Crippen MR) is 83.5 cm³/mol. The summed E-state index contributed by atoms with van der Waals surface area (Å²) in [6.45, 7) is 2.77. The van der Waals surface area contributed by atoms with Crippen molar-refractivity contribution >= 4 is 17.5 Å². The molecule has 22 heavy (non-hydrogen) atoms. The van der Waals surface area contributed by atoms with Crippen LogP contribution in [0.4, 0.5) is 10.1 Å². The van der Waals surface area contributed by atoms with Crippen LogP contribution in [0.25, 0.3) is 0 Å². The zero-order valence-corrected chi connectivity index (χ0v) is 13.2.